The number of carboxylic acids is 1. The molecule has 1 aliphatic carbocycles. The van der Waals surface area contributed by atoms with Gasteiger partial charge in [-0.3, -0.25) is 4.79 Å². The minimum atomic E-state index is -0.963. The molecule has 1 aromatic rings. The highest BCUT2D eigenvalue weighted by atomic mass is 32.1. The Morgan fingerprint density at radius 3 is 2.44 bits per heavy atom. The van der Waals surface area contributed by atoms with E-state index in [0.717, 1.165) is 17.7 Å². The first kappa shape index (κ1) is 21.9. The molecule has 2 rings (SSSR count). The lowest BCUT2D eigenvalue weighted by atomic mass is 9.88. The monoisotopic (exact) mass is 395 g/mol. The molecule has 1 atom stereocenters. The van der Waals surface area contributed by atoms with E-state index in [1.807, 2.05) is 19.9 Å². The van der Waals surface area contributed by atoms with E-state index in [1.165, 1.54) is 30.6 Å². The Hall–Kier alpha value is -1.40. The summed E-state index contributed by atoms with van der Waals surface area (Å²) in [5.74, 6) is -0.377. The second-order valence-electron chi connectivity index (χ2n) is 8.14. The van der Waals surface area contributed by atoms with Crippen LogP contribution < -0.4 is 4.90 Å². The average Bonchev–Trinajstić information content (AvgIpc) is 3.03. The molecule has 1 fully saturated rings. The molecular weight excluding hydrogens is 362 g/mol. The molecule has 152 valence electrons. The maximum absolute atomic E-state index is 12.9. The minimum absolute atomic E-state index is 0.0360. The van der Waals surface area contributed by atoms with E-state index < -0.39 is 12.1 Å². The highest BCUT2D eigenvalue weighted by Gasteiger charge is 2.28. The number of nitrogens with zero attached hydrogens (tertiary/aromatic N) is 1. The molecule has 1 unspecified atom stereocenters. The summed E-state index contributed by atoms with van der Waals surface area (Å²) in [5, 5.41) is 19.3. The van der Waals surface area contributed by atoms with Crippen LogP contribution in [0.1, 0.15) is 92.6 Å². The largest absolute Gasteiger partial charge is 0.477 e. The van der Waals surface area contributed by atoms with Gasteiger partial charge >= 0.3 is 5.97 Å². The van der Waals surface area contributed by atoms with Crippen molar-refractivity contribution in [2.24, 2.45) is 5.92 Å². The molecule has 0 spiro atoms. The van der Waals surface area contributed by atoms with Crippen LogP contribution in [0.2, 0.25) is 0 Å². The predicted molar refractivity (Wildman–Crippen MR) is 110 cm³/mol. The van der Waals surface area contributed by atoms with Crippen LogP contribution in [0.3, 0.4) is 0 Å². The van der Waals surface area contributed by atoms with E-state index >= 15 is 0 Å². The summed E-state index contributed by atoms with van der Waals surface area (Å²) >= 11 is 1.34. The molecule has 1 amide bonds. The van der Waals surface area contributed by atoms with Gasteiger partial charge in [-0.2, -0.15) is 0 Å². The summed E-state index contributed by atoms with van der Waals surface area (Å²) in [6, 6.07) is 1.95. The quantitative estimate of drug-likeness (QED) is 0.614. The number of aliphatic hydroxyl groups excluding tert-OH is 1. The van der Waals surface area contributed by atoms with Crippen molar-refractivity contribution in [1.29, 1.82) is 0 Å². The van der Waals surface area contributed by atoms with Crippen molar-refractivity contribution in [2.75, 3.05) is 11.4 Å². The number of hydrogen-bond acceptors (Lipinski definition) is 4. The zero-order chi connectivity index (χ0) is 20.0. The zero-order valence-corrected chi connectivity index (χ0v) is 17.6. The number of aromatic carboxylic acids is 1. The molecule has 1 aromatic heterocycles. The number of carboxylic acid groups (broad SMARTS) is 1. The Labute approximate surface area is 166 Å². The van der Waals surface area contributed by atoms with E-state index in [-0.39, 0.29) is 16.7 Å². The third-order valence-electron chi connectivity index (χ3n) is 5.11. The molecule has 27 heavy (non-hydrogen) atoms. The van der Waals surface area contributed by atoms with Crippen molar-refractivity contribution in [3.8, 4) is 0 Å². The second-order valence-corrected chi connectivity index (χ2v) is 9.22. The molecule has 0 saturated heterocycles. The maximum Gasteiger partial charge on any atom is 0.348 e. The number of carbonyl (C=O) groups is 2. The molecule has 2 N–H and O–H groups in total. The van der Waals surface area contributed by atoms with Gasteiger partial charge in [0, 0.05) is 17.8 Å². The van der Waals surface area contributed by atoms with Gasteiger partial charge < -0.3 is 15.1 Å². The van der Waals surface area contributed by atoms with Crippen molar-refractivity contribution in [3.63, 3.8) is 0 Å². The van der Waals surface area contributed by atoms with Crippen molar-refractivity contribution in [1.82, 2.24) is 0 Å². The lowest BCUT2D eigenvalue weighted by Gasteiger charge is -2.24. The summed E-state index contributed by atoms with van der Waals surface area (Å²) < 4.78 is 0. The molecular formula is C21H33NO4S. The molecule has 1 saturated carbocycles. The van der Waals surface area contributed by atoms with Gasteiger partial charge in [0.1, 0.15) is 4.88 Å². The summed E-state index contributed by atoms with van der Waals surface area (Å²) in [6.45, 7) is 6.16. The average molecular weight is 396 g/mol. The normalized spacial score (nSPS) is 16.5. The first-order chi connectivity index (χ1) is 12.8. The van der Waals surface area contributed by atoms with Gasteiger partial charge in [0.2, 0.25) is 5.91 Å². The number of rotatable bonds is 9. The van der Waals surface area contributed by atoms with E-state index in [1.54, 1.807) is 11.8 Å². The molecule has 1 heterocycles. The standard InChI is InChI=1S/C21H33NO4S/c1-14(2)12-19(24)22(11-7-8-15(3)23)17-13-18(27-20(17)21(25)26)16-9-5-4-6-10-16/h13-16,23H,4-12H2,1-3H3,(H,25,26). The van der Waals surface area contributed by atoms with Gasteiger partial charge in [0.25, 0.3) is 0 Å². The Kier molecular flexibility index (Phi) is 8.29. The van der Waals surface area contributed by atoms with Crippen LogP contribution in [0.5, 0.6) is 0 Å². The zero-order valence-electron chi connectivity index (χ0n) is 16.7. The number of thiophene rings is 1. The van der Waals surface area contributed by atoms with Crippen molar-refractivity contribution in [3.05, 3.63) is 15.8 Å². The second kappa shape index (κ2) is 10.2. The van der Waals surface area contributed by atoms with Crippen LogP contribution in [0.25, 0.3) is 0 Å². The molecule has 5 nitrogen and oxygen atoms in total. The molecule has 1 aliphatic rings. The fourth-order valence-electron chi connectivity index (χ4n) is 3.73. The fraction of sp³-hybridized carbons (Fsp3) is 0.714. The highest BCUT2D eigenvalue weighted by molar-refractivity contribution is 7.14. The lowest BCUT2D eigenvalue weighted by molar-refractivity contribution is -0.119. The van der Waals surface area contributed by atoms with Crippen molar-refractivity contribution >= 4 is 28.9 Å². The van der Waals surface area contributed by atoms with Gasteiger partial charge in [-0.1, -0.05) is 33.1 Å². The molecule has 6 heteroatoms. The van der Waals surface area contributed by atoms with Gasteiger partial charge in [-0.25, -0.2) is 4.79 Å². The summed E-state index contributed by atoms with van der Waals surface area (Å²) in [5.41, 5.74) is 0.546. The van der Waals surface area contributed by atoms with Gasteiger partial charge in [0.05, 0.1) is 11.8 Å². The Bertz CT molecular complexity index is 632. The summed E-state index contributed by atoms with van der Waals surface area (Å²) in [7, 11) is 0. The third-order valence-corrected chi connectivity index (χ3v) is 6.39. The van der Waals surface area contributed by atoms with Crippen LogP contribution in [0.15, 0.2) is 6.07 Å². The predicted octanol–water partition coefficient (Wildman–Crippen LogP) is 5.03. The third kappa shape index (κ3) is 6.32. The SMILES string of the molecule is CC(C)CC(=O)N(CCCC(C)O)c1cc(C2CCCCC2)sc1C(=O)O. The first-order valence-corrected chi connectivity index (χ1v) is 11.0. The molecule has 0 radical (unpaired) electrons. The lowest BCUT2D eigenvalue weighted by Crippen LogP contribution is -2.33. The maximum atomic E-state index is 12.9. The van der Waals surface area contributed by atoms with Crippen molar-refractivity contribution in [2.45, 2.75) is 84.2 Å². The Morgan fingerprint density at radius 2 is 1.89 bits per heavy atom. The number of amides is 1. The smallest absolute Gasteiger partial charge is 0.348 e. The number of aliphatic hydroxyl groups is 1. The Balaban J connectivity index is 2.31. The van der Waals surface area contributed by atoms with E-state index in [0.29, 0.717) is 37.4 Å². The van der Waals surface area contributed by atoms with E-state index in [2.05, 4.69) is 0 Å². The van der Waals surface area contributed by atoms with Crippen LogP contribution in [-0.4, -0.2) is 34.7 Å². The van der Waals surface area contributed by atoms with Crippen LogP contribution in [0.4, 0.5) is 5.69 Å². The van der Waals surface area contributed by atoms with Gasteiger partial charge in [0.15, 0.2) is 0 Å². The van der Waals surface area contributed by atoms with Crippen molar-refractivity contribution < 1.29 is 19.8 Å². The Morgan fingerprint density at radius 1 is 1.22 bits per heavy atom. The number of carbonyl (C=O) groups excluding carboxylic acids is 1. The minimum Gasteiger partial charge on any atom is -0.477 e. The highest BCUT2D eigenvalue weighted by Crippen LogP contribution is 2.41. The van der Waals surface area contributed by atoms with E-state index in [9.17, 15) is 19.8 Å². The number of hydrogen-bond donors (Lipinski definition) is 2. The fourth-order valence-corrected chi connectivity index (χ4v) is 4.90. The van der Waals surface area contributed by atoms with Gasteiger partial charge in [-0.05, 0) is 50.5 Å². The van der Waals surface area contributed by atoms with Crippen LogP contribution >= 0.6 is 11.3 Å². The molecule has 0 bridgehead atoms. The summed E-state index contributed by atoms with van der Waals surface area (Å²) in [4.78, 5) is 27.8. The topological polar surface area (TPSA) is 77.8 Å². The van der Waals surface area contributed by atoms with Crippen LogP contribution in [-0.2, 0) is 4.79 Å². The number of anilines is 1. The molecule has 0 aliphatic heterocycles. The molecule has 0 aromatic carbocycles. The summed E-state index contributed by atoms with van der Waals surface area (Å²) in [6.07, 6.45) is 7.02. The van der Waals surface area contributed by atoms with E-state index in [4.69, 9.17) is 0 Å². The van der Waals surface area contributed by atoms with Crippen LogP contribution in [0, 0.1) is 5.92 Å². The van der Waals surface area contributed by atoms with Gasteiger partial charge in [-0.15, -0.1) is 11.3 Å². The first-order valence-electron chi connectivity index (χ1n) is 10.1.